The molecule has 116 valence electrons. The fourth-order valence-electron chi connectivity index (χ4n) is 2.14. The molecule has 0 saturated carbocycles. The van der Waals surface area contributed by atoms with Gasteiger partial charge in [0.2, 0.25) is 0 Å². The van der Waals surface area contributed by atoms with Crippen molar-refractivity contribution < 1.29 is 14.9 Å². The number of aliphatic hydroxyl groups excluding tert-OH is 1. The van der Waals surface area contributed by atoms with Gasteiger partial charge in [-0.2, -0.15) is 0 Å². The molecule has 0 aromatic carbocycles. The second-order valence-electron chi connectivity index (χ2n) is 4.53. The Hall–Kier alpha value is -1.84. The van der Waals surface area contributed by atoms with Crippen molar-refractivity contribution in [2.45, 2.75) is 23.7 Å². The van der Waals surface area contributed by atoms with Crippen LogP contribution in [0.5, 0.6) is 0 Å². The van der Waals surface area contributed by atoms with Crippen molar-refractivity contribution in [2.75, 3.05) is 4.43 Å². The van der Waals surface area contributed by atoms with Gasteiger partial charge in [0.1, 0.15) is 6.10 Å². The molecule has 2 rings (SSSR count). The molecule has 1 fully saturated rings. The van der Waals surface area contributed by atoms with Gasteiger partial charge in [0.05, 0.1) is 0 Å². The van der Waals surface area contributed by atoms with Crippen molar-refractivity contribution in [3.05, 3.63) is 43.5 Å². The molecule has 0 radical (unpaired) electrons. The summed E-state index contributed by atoms with van der Waals surface area (Å²) in [5.41, 5.74) is 2.91. The number of aliphatic hydroxyl groups is 2. The molecule has 0 spiro atoms. The van der Waals surface area contributed by atoms with E-state index in [2.05, 4.69) is 10.0 Å². The second kappa shape index (κ2) is 5.75. The third-order valence-corrected chi connectivity index (χ3v) is 4.37. The lowest BCUT2D eigenvalue weighted by Crippen LogP contribution is -2.51. The average Bonchev–Trinajstić information content (AvgIpc) is 2.71. The summed E-state index contributed by atoms with van der Waals surface area (Å²) in [6.45, 7) is 0. The Labute approximate surface area is 136 Å². The van der Waals surface area contributed by atoms with Crippen LogP contribution in [0.25, 0.3) is 10.4 Å². The molecular formula is C11H10IN5O5. The first-order chi connectivity index (χ1) is 10.3. The molecule has 1 aliphatic rings. The Bertz CT molecular complexity index is 793. The summed E-state index contributed by atoms with van der Waals surface area (Å²) < 4.78 is 6.21. The monoisotopic (exact) mass is 419 g/mol. The lowest BCUT2D eigenvalue weighted by Gasteiger charge is -2.27. The molecule has 3 N–H and O–H groups in total. The fourth-order valence-corrected chi connectivity index (χ4v) is 2.89. The summed E-state index contributed by atoms with van der Waals surface area (Å²) in [6, 6.07) is 1.02. The smallest absolute Gasteiger partial charge is 0.330 e. The largest absolute Gasteiger partial charge is 0.386 e. The van der Waals surface area contributed by atoms with Gasteiger partial charge < -0.3 is 14.9 Å². The summed E-state index contributed by atoms with van der Waals surface area (Å²) in [5, 5.41) is 24.2. The molecule has 11 heteroatoms. The van der Waals surface area contributed by atoms with Gasteiger partial charge in [-0.25, -0.2) is 4.79 Å². The predicted octanol–water partition coefficient (Wildman–Crippen LogP) is -0.768. The Kier molecular flexibility index (Phi) is 4.32. The molecule has 0 bridgehead atoms. The zero-order chi connectivity index (χ0) is 16.5. The first-order valence-corrected chi connectivity index (χ1v) is 7.37. The number of nitrogens with one attached hydrogen (secondary N) is 1. The number of rotatable bonds is 3. The highest BCUT2D eigenvalue weighted by atomic mass is 127. The molecule has 0 aliphatic carbocycles. The first-order valence-electron chi connectivity index (χ1n) is 5.84. The van der Waals surface area contributed by atoms with Crippen molar-refractivity contribution >= 4 is 22.6 Å². The van der Waals surface area contributed by atoms with Gasteiger partial charge in [-0.1, -0.05) is 33.6 Å². The van der Waals surface area contributed by atoms with Gasteiger partial charge in [0, 0.05) is 21.6 Å². The standard InChI is InChI=1S/C11H10IN5O5/c1-2-10(21)7(19)11(5-12,15-16-13)22-8(10)17-4-3-6(18)14-9(17)20/h1,3-4,7-8,19,21H,5H2,(H,14,18,20)/t7-,8+,10-,11+/m0/s1. The third-order valence-electron chi connectivity index (χ3n) is 3.28. The summed E-state index contributed by atoms with van der Waals surface area (Å²) in [7, 11) is 0. The highest BCUT2D eigenvalue weighted by Gasteiger charge is 2.63. The molecule has 22 heavy (non-hydrogen) atoms. The van der Waals surface area contributed by atoms with Crippen LogP contribution in [0.1, 0.15) is 6.23 Å². The van der Waals surface area contributed by atoms with E-state index in [-0.39, 0.29) is 4.43 Å². The number of nitrogens with zero attached hydrogens (tertiary/aromatic N) is 4. The van der Waals surface area contributed by atoms with Crippen LogP contribution >= 0.6 is 22.6 Å². The van der Waals surface area contributed by atoms with E-state index in [9.17, 15) is 19.8 Å². The van der Waals surface area contributed by atoms with Gasteiger partial charge in [-0.05, 0) is 5.53 Å². The molecule has 1 aliphatic heterocycles. The molecule has 0 unspecified atom stereocenters. The third kappa shape index (κ3) is 2.31. The van der Waals surface area contributed by atoms with E-state index in [1.807, 2.05) is 10.9 Å². The number of aromatic amines is 1. The number of H-pyrrole nitrogens is 1. The van der Waals surface area contributed by atoms with Gasteiger partial charge in [0.25, 0.3) is 5.56 Å². The summed E-state index contributed by atoms with van der Waals surface area (Å²) in [4.78, 5) is 27.5. The van der Waals surface area contributed by atoms with Crippen LogP contribution in [0.3, 0.4) is 0 Å². The molecule has 1 saturated heterocycles. The van der Waals surface area contributed by atoms with Crippen LogP contribution in [0, 0.1) is 12.3 Å². The van der Waals surface area contributed by atoms with Crippen LogP contribution in [0.15, 0.2) is 27.0 Å². The lowest BCUT2D eigenvalue weighted by molar-refractivity contribution is -0.0926. The molecule has 0 amide bonds. The van der Waals surface area contributed by atoms with Crippen LogP contribution in [-0.4, -0.2) is 41.6 Å². The maximum Gasteiger partial charge on any atom is 0.330 e. The number of halogens is 1. The van der Waals surface area contributed by atoms with E-state index >= 15 is 0 Å². The maximum absolute atomic E-state index is 11.9. The topological polar surface area (TPSA) is 153 Å². The minimum Gasteiger partial charge on any atom is -0.386 e. The zero-order valence-electron chi connectivity index (χ0n) is 10.9. The van der Waals surface area contributed by atoms with E-state index in [0.717, 1.165) is 16.8 Å². The Morgan fingerprint density at radius 3 is 2.86 bits per heavy atom. The Morgan fingerprint density at radius 1 is 1.68 bits per heavy atom. The molecule has 1 aromatic heterocycles. The van der Waals surface area contributed by atoms with Crippen molar-refractivity contribution in [2.24, 2.45) is 5.11 Å². The van der Waals surface area contributed by atoms with E-state index < -0.39 is 34.9 Å². The fraction of sp³-hybridized carbons (Fsp3) is 0.455. The Balaban J connectivity index is 2.66. The van der Waals surface area contributed by atoms with E-state index in [1.165, 1.54) is 0 Å². The van der Waals surface area contributed by atoms with Gasteiger partial charge in [-0.3, -0.25) is 14.3 Å². The first kappa shape index (κ1) is 16.5. The van der Waals surface area contributed by atoms with Crippen molar-refractivity contribution in [3.8, 4) is 12.3 Å². The van der Waals surface area contributed by atoms with Crippen molar-refractivity contribution in [3.63, 3.8) is 0 Å². The van der Waals surface area contributed by atoms with Crippen LogP contribution in [0.4, 0.5) is 0 Å². The average molecular weight is 419 g/mol. The summed E-state index contributed by atoms with van der Waals surface area (Å²) >= 11 is 1.78. The van der Waals surface area contributed by atoms with Crippen LogP contribution < -0.4 is 11.2 Å². The van der Waals surface area contributed by atoms with Gasteiger partial charge in [-0.15, -0.1) is 6.42 Å². The normalized spacial score (nSPS) is 33.9. The number of alkyl halides is 1. The molecule has 2 heterocycles. The molecule has 4 atom stereocenters. The number of aromatic nitrogens is 2. The second-order valence-corrected chi connectivity index (χ2v) is 5.29. The minimum absolute atomic E-state index is 0.0332. The van der Waals surface area contributed by atoms with Gasteiger partial charge >= 0.3 is 5.69 Å². The van der Waals surface area contributed by atoms with Gasteiger partial charge in [0.15, 0.2) is 17.6 Å². The maximum atomic E-state index is 11.9. The number of hydrogen-bond donors (Lipinski definition) is 3. The Morgan fingerprint density at radius 2 is 2.36 bits per heavy atom. The van der Waals surface area contributed by atoms with E-state index in [0.29, 0.717) is 0 Å². The molecular weight excluding hydrogens is 409 g/mol. The van der Waals surface area contributed by atoms with Crippen molar-refractivity contribution in [1.82, 2.24) is 9.55 Å². The van der Waals surface area contributed by atoms with E-state index in [4.69, 9.17) is 16.7 Å². The quantitative estimate of drug-likeness (QED) is 0.147. The number of hydrogen-bond acceptors (Lipinski definition) is 6. The lowest BCUT2D eigenvalue weighted by atomic mass is 9.92. The number of ether oxygens (including phenoxy) is 1. The highest BCUT2D eigenvalue weighted by Crippen LogP contribution is 2.45. The predicted molar refractivity (Wildman–Crippen MR) is 82.0 cm³/mol. The van der Waals surface area contributed by atoms with Crippen molar-refractivity contribution in [1.29, 1.82) is 0 Å². The SMILES string of the molecule is C#C[C@@]1(O)[C@H](n2ccc(=O)[nH]c2=O)O[C@@](CI)(N=[N+]=[N-])[C@H]1O. The zero-order valence-corrected chi connectivity index (χ0v) is 13.0. The number of terminal acetylenes is 1. The van der Waals surface area contributed by atoms with Crippen LogP contribution in [0.2, 0.25) is 0 Å². The molecule has 1 aromatic rings. The summed E-state index contributed by atoms with van der Waals surface area (Å²) in [5.74, 6) is 1.97. The summed E-state index contributed by atoms with van der Waals surface area (Å²) in [6.07, 6.45) is 3.01. The molecule has 10 nitrogen and oxygen atoms in total. The minimum atomic E-state index is -2.33. The highest BCUT2D eigenvalue weighted by molar-refractivity contribution is 14.1. The van der Waals surface area contributed by atoms with Crippen LogP contribution in [-0.2, 0) is 4.74 Å². The number of azide groups is 1. The van der Waals surface area contributed by atoms with E-state index in [1.54, 1.807) is 22.6 Å².